The lowest BCUT2D eigenvalue weighted by atomic mass is 10.2. The largest absolute Gasteiger partial charge is 0.379 e. The smallest absolute Gasteiger partial charge is 0.193 e. The van der Waals surface area contributed by atoms with E-state index in [-0.39, 0.29) is 24.0 Å². The van der Waals surface area contributed by atoms with Crippen LogP contribution in [0.5, 0.6) is 0 Å². The number of halogens is 1. The maximum Gasteiger partial charge on any atom is 0.193 e. The molecule has 1 aromatic heterocycles. The Kier molecular flexibility index (Phi) is 7.63. The van der Waals surface area contributed by atoms with E-state index in [4.69, 9.17) is 4.74 Å². The Balaban J connectivity index is 0.00000225. The minimum absolute atomic E-state index is 0. The highest BCUT2D eigenvalue weighted by Gasteiger charge is 2.30. The van der Waals surface area contributed by atoms with E-state index in [0.29, 0.717) is 6.04 Å². The van der Waals surface area contributed by atoms with Crippen LogP contribution in [0, 0.1) is 0 Å². The molecule has 0 saturated carbocycles. The van der Waals surface area contributed by atoms with Gasteiger partial charge in [-0.15, -0.1) is 24.0 Å². The van der Waals surface area contributed by atoms with Crippen LogP contribution in [-0.4, -0.2) is 83.0 Å². The first kappa shape index (κ1) is 21.0. The van der Waals surface area contributed by atoms with Crippen molar-refractivity contribution in [3.05, 3.63) is 42.5 Å². The molecule has 2 saturated heterocycles. The standard InChI is InChI=1S/C19H27N7O.HI/c1-20-19(25-7-6-18(13-25)24-8-10-27-11-9-24)22-12-16-2-4-17(5-3-16)26-15-21-14-23-26;/h2-5,14-15,18H,6-13H2,1H3,(H,20,22);1H. The van der Waals surface area contributed by atoms with Crippen LogP contribution in [0.25, 0.3) is 5.69 Å². The van der Waals surface area contributed by atoms with E-state index in [9.17, 15) is 0 Å². The van der Waals surface area contributed by atoms with Crippen LogP contribution in [-0.2, 0) is 11.3 Å². The van der Waals surface area contributed by atoms with Gasteiger partial charge in [0.05, 0.1) is 18.9 Å². The third kappa shape index (κ3) is 5.00. The summed E-state index contributed by atoms with van der Waals surface area (Å²) in [7, 11) is 1.86. The van der Waals surface area contributed by atoms with Crippen molar-refractivity contribution in [2.45, 2.75) is 19.0 Å². The Morgan fingerprint density at radius 1 is 1.21 bits per heavy atom. The van der Waals surface area contributed by atoms with E-state index in [1.807, 2.05) is 7.05 Å². The number of nitrogens with one attached hydrogen (secondary N) is 1. The molecule has 8 nitrogen and oxygen atoms in total. The fraction of sp³-hybridized carbons (Fsp3) is 0.526. The number of aliphatic imine (C=N–C) groups is 1. The van der Waals surface area contributed by atoms with Crippen molar-refractivity contribution in [1.82, 2.24) is 29.9 Å². The Labute approximate surface area is 183 Å². The van der Waals surface area contributed by atoms with Crippen molar-refractivity contribution >= 4 is 29.9 Å². The first-order chi connectivity index (χ1) is 13.3. The normalized spacial score (nSPS) is 20.8. The van der Waals surface area contributed by atoms with E-state index >= 15 is 0 Å². The van der Waals surface area contributed by atoms with E-state index in [0.717, 1.165) is 57.6 Å². The second-order valence-electron chi connectivity index (χ2n) is 6.94. The molecule has 0 amide bonds. The molecule has 0 radical (unpaired) electrons. The fourth-order valence-corrected chi connectivity index (χ4v) is 3.80. The van der Waals surface area contributed by atoms with Gasteiger partial charge in [-0.2, -0.15) is 5.10 Å². The molecule has 1 atom stereocenters. The van der Waals surface area contributed by atoms with Crippen LogP contribution < -0.4 is 5.32 Å². The Morgan fingerprint density at radius 2 is 2.00 bits per heavy atom. The predicted octanol–water partition coefficient (Wildman–Crippen LogP) is 1.37. The molecule has 0 bridgehead atoms. The van der Waals surface area contributed by atoms with Crippen molar-refractivity contribution in [3.63, 3.8) is 0 Å². The van der Waals surface area contributed by atoms with Crippen molar-refractivity contribution in [2.24, 2.45) is 4.99 Å². The number of nitrogens with zero attached hydrogens (tertiary/aromatic N) is 6. The predicted molar refractivity (Wildman–Crippen MR) is 119 cm³/mol. The number of hydrogen-bond donors (Lipinski definition) is 1. The Bertz CT molecular complexity index is 744. The van der Waals surface area contributed by atoms with Gasteiger partial charge >= 0.3 is 0 Å². The molecule has 2 aliphatic rings. The third-order valence-electron chi connectivity index (χ3n) is 5.31. The highest BCUT2D eigenvalue weighted by Crippen LogP contribution is 2.17. The number of benzene rings is 1. The molecule has 0 spiro atoms. The molecular formula is C19H28IN7O. The Hall–Kier alpha value is -1.72. The molecule has 2 aliphatic heterocycles. The van der Waals surface area contributed by atoms with Gasteiger partial charge in [-0.1, -0.05) is 12.1 Å². The molecule has 3 heterocycles. The van der Waals surface area contributed by atoms with Crippen LogP contribution in [0.1, 0.15) is 12.0 Å². The molecule has 4 rings (SSSR count). The lowest BCUT2D eigenvalue weighted by Crippen LogP contribution is -2.46. The highest BCUT2D eigenvalue weighted by atomic mass is 127. The summed E-state index contributed by atoms with van der Waals surface area (Å²) in [6.07, 6.45) is 4.43. The molecule has 0 aliphatic carbocycles. The number of aromatic nitrogens is 3. The quantitative estimate of drug-likeness (QED) is 0.391. The highest BCUT2D eigenvalue weighted by molar-refractivity contribution is 14.0. The third-order valence-corrected chi connectivity index (χ3v) is 5.31. The van der Waals surface area contributed by atoms with Crippen LogP contribution >= 0.6 is 24.0 Å². The first-order valence-electron chi connectivity index (χ1n) is 9.55. The number of ether oxygens (including phenoxy) is 1. The lowest BCUT2D eigenvalue weighted by molar-refractivity contribution is 0.0195. The SMILES string of the molecule is CN=C(NCc1ccc(-n2cncn2)cc1)N1CCC(N2CCOCC2)C1.I. The summed E-state index contributed by atoms with van der Waals surface area (Å²) >= 11 is 0. The number of hydrogen-bond acceptors (Lipinski definition) is 5. The zero-order valence-corrected chi connectivity index (χ0v) is 18.5. The molecule has 2 aromatic rings. The molecular weight excluding hydrogens is 469 g/mol. The van der Waals surface area contributed by atoms with E-state index in [1.54, 1.807) is 17.3 Å². The van der Waals surface area contributed by atoms with Crippen LogP contribution in [0.15, 0.2) is 41.9 Å². The summed E-state index contributed by atoms with van der Waals surface area (Å²) in [6.45, 7) is 6.63. The summed E-state index contributed by atoms with van der Waals surface area (Å²) in [5, 5.41) is 7.66. The van der Waals surface area contributed by atoms with Crippen LogP contribution in [0.4, 0.5) is 0 Å². The second kappa shape index (κ2) is 10.2. The van der Waals surface area contributed by atoms with Gasteiger partial charge in [0.1, 0.15) is 12.7 Å². The van der Waals surface area contributed by atoms with Gasteiger partial charge in [-0.25, -0.2) is 9.67 Å². The minimum atomic E-state index is 0. The van der Waals surface area contributed by atoms with E-state index < -0.39 is 0 Å². The van der Waals surface area contributed by atoms with Gasteiger partial charge in [0.2, 0.25) is 0 Å². The van der Waals surface area contributed by atoms with Gasteiger partial charge < -0.3 is 15.0 Å². The van der Waals surface area contributed by atoms with Gasteiger partial charge in [0, 0.05) is 45.8 Å². The zero-order valence-electron chi connectivity index (χ0n) is 16.2. The molecule has 9 heteroatoms. The number of rotatable bonds is 4. The summed E-state index contributed by atoms with van der Waals surface area (Å²) in [5.41, 5.74) is 2.22. The molecule has 1 aromatic carbocycles. The van der Waals surface area contributed by atoms with Crippen molar-refractivity contribution in [2.75, 3.05) is 46.4 Å². The first-order valence-corrected chi connectivity index (χ1v) is 9.55. The zero-order chi connectivity index (χ0) is 18.5. The topological polar surface area (TPSA) is 70.8 Å². The van der Waals surface area contributed by atoms with Gasteiger partial charge in [0.15, 0.2) is 5.96 Å². The average Bonchev–Trinajstić information content (AvgIpc) is 3.42. The molecule has 1 N–H and O–H groups in total. The maximum absolute atomic E-state index is 5.47. The second-order valence-corrected chi connectivity index (χ2v) is 6.94. The van der Waals surface area contributed by atoms with E-state index in [1.165, 1.54) is 12.0 Å². The summed E-state index contributed by atoms with van der Waals surface area (Å²) in [5.74, 6) is 0.978. The van der Waals surface area contributed by atoms with Crippen molar-refractivity contribution in [3.8, 4) is 5.69 Å². The van der Waals surface area contributed by atoms with Crippen molar-refractivity contribution < 1.29 is 4.74 Å². The summed E-state index contributed by atoms with van der Waals surface area (Å²) < 4.78 is 7.23. The van der Waals surface area contributed by atoms with Crippen molar-refractivity contribution in [1.29, 1.82) is 0 Å². The average molecular weight is 497 g/mol. The van der Waals surface area contributed by atoms with Crippen LogP contribution in [0.2, 0.25) is 0 Å². The van der Waals surface area contributed by atoms with Gasteiger partial charge in [-0.05, 0) is 24.1 Å². The Morgan fingerprint density at radius 3 is 2.68 bits per heavy atom. The fourth-order valence-electron chi connectivity index (χ4n) is 3.80. The monoisotopic (exact) mass is 497 g/mol. The molecule has 152 valence electrons. The van der Waals surface area contributed by atoms with Gasteiger partial charge in [0.25, 0.3) is 0 Å². The molecule has 1 unspecified atom stereocenters. The van der Waals surface area contributed by atoms with Crippen LogP contribution in [0.3, 0.4) is 0 Å². The summed E-state index contributed by atoms with van der Waals surface area (Å²) in [6, 6.07) is 8.93. The maximum atomic E-state index is 5.47. The van der Waals surface area contributed by atoms with Gasteiger partial charge in [-0.3, -0.25) is 9.89 Å². The van der Waals surface area contributed by atoms with E-state index in [2.05, 4.69) is 54.5 Å². The number of likely N-dealkylation sites (tertiary alicyclic amines) is 1. The lowest BCUT2D eigenvalue weighted by Gasteiger charge is -2.32. The number of morpholine rings is 1. The minimum Gasteiger partial charge on any atom is -0.379 e. The molecule has 2 fully saturated rings. The summed E-state index contributed by atoms with van der Waals surface area (Å²) in [4.78, 5) is 13.4. The number of guanidine groups is 1. The molecule has 28 heavy (non-hydrogen) atoms.